The summed E-state index contributed by atoms with van der Waals surface area (Å²) in [6.07, 6.45) is 1.43. The number of hydrogen-bond donors (Lipinski definition) is 1. The highest BCUT2D eigenvalue weighted by Crippen LogP contribution is 2.24. The van der Waals surface area contributed by atoms with Crippen molar-refractivity contribution < 1.29 is 19.4 Å². The topological polar surface area (TPSA) is 81.4 Å². The molecule has 1 N–H and O–H groups in total. The Hall–Kier alpha value is -2.63. The molecule has 0 saturated heterocycles. The number of carboxylic acid groups (broad SMARTS) is 1. The molecule has 0 aliphatic heterocycles. The lowest BCUT2D eigenvalue weighted by Crippen LogP contribution is -2.16. The summed E-state index contributed by atoms with van der Waals surface area (Å²) >= 11 is 0. The lowest BCUT2D eigenvalue weighted by molar-refractivity contribution is -0.140. The van der Waals surface area contributed by atoms with Gasteiger partial charge in [-0.05, 0) is 5.56 Å². The van der Waals surface area contributed by atoms with E-state index >= 15 is 0 Å². The van der Waals surface area contributed by atoms with Gasteiger partial charge in [-0.2, -0.15) is 0 Å². The van der Waals surface area contributed by atoms with Crippen LogP contribution < -0.4 is 0 Å². The zero-order chi connectivity index (χ0) is 16.1. The summed E-state index contributed by atoms with van der Waals surface area (Å²) in [6.45, 7) is 2.18. The van der Waals surface area contributed by atoms with Crippen molar-refractivity contribution in [1.82, 2.24) is 9.55 Å². The van der Waals surface area contributed by atoms with Gasteiger partial charge in [-0.3, -0.25) is 4.79 Å². The molecule has 1 aromatic carbocycles. The number of carboxylic acids is 1. The molecule has 6 nitrogen and oxygen atoms in total. The first-order valence-electron chi connectivity index (χ1n) is 6.95. The Morgan fingerprint density at radius 1 is 1.32 bits per heavy atom. The maximum Gasteiger partial charge on any atom is 0.354 e. The van der Waals surface area contributed by atoms with Crippen LogP contribution in [0.1, 0.15) is 41.1 Å². The van der Waals surface area contributed by atoms with Gasteiger partial charge in [0, 0.05) is 12.5 Å². The summed E-state index contributed by atoms with van der Waals surface area (Å²) < 4.78 is 6.18. The molecule has 0 radical (unpaired) electrons. The smallest absolute Gasteiger partial charge is 0.354 e. The second-order valence-corrected chi connectivity index (χ2v) is 4.92. The molecule has 0 fully saturated rings. The maximum atomic E-state index is 11.3. The Morgan fingerprint density at radius 3 is 2.59 bits per heavy atom. The molecule has 1 aromatic heterocycles. The molecule has 0 aliphatic carbocycles. The van der Waals surface area contributed by atoms with Gasteiger partial charge in [0.2, 0.25) is 0 Å². The standard InChI is InChI=1S/C16H18N2O4/c1-11(12-6-4-3-5-7-12)15-17-10-13(16(20)21)18(15)9-8-14(19)22-2/h3-7,10-11H,8-9H2,1-2H3,(H,20,21). The van der Waals surface area contributed by atoms with E-state index in [2.05, 4.69) is 9.72 Å². The Balaban J connectivity index is 2.34. The SMILES string of the molecule is COC(=O)CCn1c(C(=O)O)cnc1C(C)c1ccccc1. The number of aromatic nitrogens is 2. The number of methoxy groups -OCH3 is 1. The largest absolute Gasteiger partial charge is 0.477 e. The Kier molecular flexibility index (Phi) is 4.93. The van der Waals surface area contributed by atoms with Crippen LogP contribution in [0.25, 0.3) is 0 Å². The number of esters is 1. The van der Waals surface area contributed by atoms with Crippen LogP contribution in [0.4, 0.5) is 0 Å². The lowest BCUT2D eigenvalue weighted by Gasteiger charge is -2.15. The quantitative estimate of drug-likeness (QED) is 0.828. The average Bonchev–Trinajstić information content (AvgIpc) is 2.96. The number of nitrogens with zero attached hydrogens (tertiary/aromatic N) is 2. The van der Waals surface area contributed by atoms with Crippen LogP contribution in [0.15, 0.2) is 36.5 Å². The van der Waals surface area contributed by atoms with E-state index in [0.717, 1.165) is 5.56 Å². The lowest BCUT2D eigenvalue weighted by atomic mass is 10.0. The van der Waals surface area contributed by atoms with Gasteiger partial charge in [-0.15, -0.1) is 0 Å². The van der Waals surface area contributed by atoms with Gasteiger partial charge in [0.25, 0.3) is 0 Å². The molecule has 0 spiro atoms. The van der Waals surface area contributed by atoms with Gasteiger partial charge >= 0.3 is 11.9 Å². The fourth-order valence-electron chi connectivity index (χ4n) is 2.34. The number of benzene rings is 1. The summed E-state index contributed by atoms with van der Waals surface area (Å²) in [5.41, 5.74) is 1.10. The normalized spacial score (nSPS) is 11.9. The van der Waals surface area contributed by atoms with Gasteiger partial charge in [-0.1, -0.05) is 37.3 Å². The molecule has 6 heteroatoms. The van der Waals surface area contributed by atoms with E-state index in [1.807, 2.05) is 37.3 Å². The average molecular weight is 302 g/mol. The molecule has 2 aromatic rings. The van der Waals surface area contributed by atoms with Crippen LogP contribution in [-0.2, 0) is 16.1 Å². The van der Waals surface area contributed by atoms with Crippen molar-refractivity contribution in [2.45, 2.75) is 25.8 Å². The first kappa shape index (κ1) is 15.8. The van der Waals surface area contributed by atoms with E-state index in [4.69, 9.17) is 0 Å². The van der Waals surface area contributed by atoms with Gasteiger partial charge < -0.3 is 14.4 Å². The minimum absolute atomic E-state index is 0.0710. The summed E-state index contributed by atoms with van der Waals surface area (Å²) in [4.78, 5) is 26.9. The number of ether oxygens (including phenoxy) is 1. The summed E-state index contributed by atoms with van der Waals surface area (Å²) in [7, 11) is 1.31. The number of hydrogen-bond acceptors (Lipinski definition) is 4. The summed E-state index contributed by atoms with van der Waals surface area (Å²) in [6, 6.07) is 9.69. The molecule has 0 saturated carbocycles. The zero-order valence-electron chi connectivity index (χ0n) is 12.5. The predicted molar refractivity (Wildman–Crippen MR) is 79.8 cm³/mol. The molecule has 0 amide bonds. The number of carbonyl (C=O) groups excluding carboxylic acids is 1. The molecule has 0 bridgehead atoms. The van der Waals surface area contributed by atoms with Crippen molar-refractivity contribution in [3.05, 3.63) is 53.6 Å². The maximum absolute atomic E-state index is 11.3. The highest BCUT2D eigenvalue weighted by molar-refractivity contribution is 5.85. The second-order valence-electron chi connectivity index (χ2n) is 4.92. The van der Waals surface area contributed by atoms with Gasteiger partial charge in [0.1, 0.15) is 11.5 Å². The fourth-order valence-corrected chi connectivity index (χ4v) is 2.34. The van der Waals surface area contributed by atoms with Crippen molar-refractivity contribution in [2.24, 2.45) is 0 Å². The molecule has 2 rings (SSSR count). The molecule has 1 heterocycles. The van der Waals surface area contributed by atoms with Crippen molar-refractivity contribution in [3.63, 3.8) is 0 Å². The first-order chi connectivity index (χ1) is 10.5. The number of carbonyl (C=O) groups is 2. The number of aromatic carboxylic acids is 1. The van der Waals surface area contributed by atoms with E-state index in [-0.39, 0.29) is 30.5 Å². The van der Waals surface area contributed by atoms with E-state index in [1.165, 1.54) is 13.3 Å². The van der Waals surface area contributed by atoms with E-state index in [0.29, 0.717) is 5.82 Å². The number of imidazole rings is 1. The van der Waals surface area contributed by atoms with Crippen molar-refractivity contribution >= 4 is 11.9 Å². The molecule has 116 valence electrons. The zero-order valence-corrected chi connectivity index (χ0v) is 12.5. The van der Waals surface area contributed by atoms with Gasteiger partial charge in [-0.25, -0.2) is 9.78 Å². The minimum atomic E-state index is -1.07. The van der Waals surface area contributed by atoms with Crippen molar-refractivity contribution in [1.29, 1.82) is 0 Å². The molecule has 0 aliphatic rings. The predicted octanol–water partition coefficient (Wildman–Crippen LogP) is 2.30. The highest BCUT2D eigenvalue weighted by atomic mass is 16.5. The van der Waals surface area contributed by atoms with E-state index in [9.17, 15) is 14.7 Å². The molecular formula is C16H18N2O4. The summed E-state index contributed by atoms with van der Waals surface area (Å²) in [5, 5.41) is 9.28. The third-order valence-electron chi connectivity index (χ3n) is 3.56. The molecule has 22 heavy (non-hydrogen) atoms. The summed E-state index contributed by atoms with van der Waals surface area (Å²) in [5.74, 6) is -0.910. The van der Waals surface area contributed by atoms with E-state index in [1.54, 1.807) is 4.57 Å². The number of rotatable bonds is 6. The van der Waals surface area contributed by atoms with Crippen molar-refractivity contribution in [2.75, 3.05) is 7.11 Å². The molecular weight excluding hydrogens is 284 g/mol. The van der Waals surface area contributed by atoms with E-state index < -0.39 is 5.97 Å². The Morgan fingerprint density at radius 2 is 2.00 bits per heavy atom. The van der Waals surface area contributed by atoms with Crippen LogP contribution in [0.5, 0.6) is 0 Å². The monoisotopic (exact) mass is 302 g/mol. The van der Waals surface area contributed by atoms with Crippen LogP contribution in [-0.4, -0.2) is 33.7 Å². The van der Waals surface area contributed by atoms with Gasteiger partial charge in [0.15, 0.2) is 0 Å². The second kappa shape index (κ2) is 6.89. The van der Waals surface area contributed by atoms with Crippen LogP contribution in [0.3, 0.4) is 0 Å². The van der Waals surface area contributed by atoms with Crippen molar-refractivity contribution in [3.8, 4) is 0 Å². The Labute approximate surface area is 128 Å². The Bertz CT molecular complexity index is 664. The van der Waals surface area contributed by atoms with Crippen LogP contribution in [0.2, 0.25) is 0 Å². The van der Waals surface area contributed by atoms with Crippen LogP contribution in [0, 0.1) is 0 Å². The minimum Gasteiger partial charge on any atom is -0.477 e. The van der Waals surface area contributed by atoms with Crippen LogP contribution >= 0.6 is 0 Å². The third-order valence-corrected chi connectivity index (χ3v) is 3.56. The van der Waals surface area contributed by atoms with Gasteiger partial charge in [0.05, 0.1) is 19.7 Å². The fraction of sp³-hybridized carbons (Fsp3) is 0.312. The first-order valence-corrected chi connectivity index (χ1v) is 6.95. The highest BCUT2D eigenvalue weighted by Gasteiger charge is 2.21. The molecule has 1 atom stereocenters. The molecule has 1 unspecified atom stereocenters. The third kappa shape index (κ3) is 3.33.